The number of nitrogens with zero attached hydrogens (tertiary/aromatic N) is 1. The van der Waals surface area contributed by atoms with E-state index in [9.17, 15) is 22.8 Å². The smallest absolute Gasteiger partial charge is 0.406 e. The van der Waals surface area contributed by atoms with Gasteiger partial charge in [-0.2, -0.15) is 13.2 Å². The monoisotopic (exact) mass is 293 g/mol. The normalized spacial score (nSPS) is 18.3. The molecule has 4 nitrogen and oxygen atoms in total. The lowest BCUT2D eigenvalue weighted by atomic mass is 10.1. The Morgan fingerprint density at radius 3 is 2.10 bits per heavy atom. The minimum Gasteiger partial charge on any atom is -0.478 e. The van der Waals surface area contributed by atoms with Gasteiger partial charge in [0.15, 0.2) is 0 Å². The van der Waals surface area contributed by atoms with E-state index in [0.717, 1.165) is 17.7 Å². The van der Waals surface area contributed by atoms with Gasteiger partial charge >= 0.3 is 12.1 Å². The van der Waals surface area contributed by atoms with Crippen molar-refractivity contribution in [2.24, 2.45) is 5.92 Å². The van der Waals surface area contributed by atoms with E-state index in [-0.39, 0.29) is 17.1 Å². The first-order valence-electron chi connectivity index (χ1n) is 6.33. The van der Waals surface area contributed by atoms with E-state index in [0.29, 0.717) is 0 Å². The molecule has 1 fully saturated rings. The van der Waals surface area contributed by atoms with Gasteiger partial charge in [0.25, 0.3) is 5.91 Å². The summed E-state index contributed by atoms with van der Waals surface area (Å²) in [5.41, 5.74) is -0.389. The summed E-state index contributed by atoms with van der Waals surface area (Å²) in [6.45, 7) is 2.68. The third kappa shape index (κ3) is 4.25. The Bertz CT molecular complexity index is 439. The van der Waals surface area contributed by atoms with Crippen LogP contribution < -0.4 is 0 Å². The number of carboxylic acids is 1. The van der Waals surface area contributed by atoms with Crippen molar-refractivity contribution in [3.8, 4) is 0 Å². The number of carbonyl (C=O) groups is 2. The van der Waals surface area contributed by atoms with Crippen LogP contribution in [0.5, 0.6) is 0 Å². The van der Waals surface area contributed by atoms with E-state index in [1.54, 1.807) is 6.92 Å². The van der Waals surface area contributed by atoms with E-state index < -0.39 is 30.6 Å². The van der Waals surface area contributed by atoms with Crippen molar-refractivity contribution in [3.63, 3.8) is 0 Å². The van der Waals surface area contributed by atoms with Crippen LogP contribution in [0.2, 0.25) is 0 Å². The molecular weight excluding hydrogens is 275 g/mol. The molecular formula is C13H18F3NO3. The Balaban J connectivity index is 3.00. The number of aliphatic carboxylic acids is 1. The maximum absolute atomic E-state index is 12.6. The van der Waals surface area contributed by atoms with Gasteiger partial charge in [-0.05, 0) is 39.5 Å². The van der Waals surface area contributed by atoms with E-state index in [1.165, 1.54) is 13.8 Å². The zero-order valence-corrected chi connectivity index (χ0v) is 11.6. The first kappa shape index (κ1) is 16.5. The van der Waals surface area contributed by atoms with Crippen LogP contribution in [0.3, 0.4) is 0 Å². The van der Waals surface area contributed by atoms with Crippen LogP contribution in [0, 0.1) is 5.92 Å². The summed E-state index contributed by atoms with van der Waals surface area (Å²) in [6, 6.07) is -0.541. The van der Waals surface area contributed by atoms with Gasteiger partial charge in [0, 0.05) is 17.2 Å². The van der Waals surface area contributed by atoms with Gasteiger partial charge < -0.3 is 10.0 Å². The van der Waals surface area contributed by atoms with Crippen LogP contribution in [0.4, 0.5) is 13.2 Å². The standard InChI is InChI=1S/C13H18F3NO3/c1-7(8(2)12(19)20)11(18)17(6-13(14,15)16)9(3)10-4-5-10/h9-10H,4-6H2,1-3H3,(H,19,20). The minimum absolute atomic E-state index is 0.0687. The Kier molecular flexibility index (Phi) is 4.83. The van der Waals surface area contributed by atoms with Gasteiger partial charge in [0.05, 0.1) is 0 Å². The van der Waals surface area contributed by atoms with E-state index in [2.05, 4.69) is 0 Å². The molecule has 20 heavy (non-hydrogen) atoms. The predicted molar refractivity (Wildman–Crippen MR) is 66.0 cm³/mol. The molecule has 1 rings (SSSR count). The molecule has 1 saturated carbocycles. The van der Waals surface area contributed by atoms with Crippen LogP contribution in [0.1, 0.15) is 33.6 Å². The summed E-state index contributed by atoms with van der Waals surface area (Å²) in [4.78, 5) is 23.7. The average molecular weight is 293 g/mol. The van der Waals surface area contributed by atoms with Crippen LogP contribution >= 0.6 is 0 Å². The number of hydrogen-bond acceptors (Lipinski definition) is 2. The van der Waals surface area contributed by atoms with Crippen molar-refractivity contribution in [2.75, 3.05) is 6.54 Å². The molecule has 0 aromatic carbocycles. The molecule has 1 N–H and O–H groups in total. The zero-order valence-electron chi connectivity index (χ0n) is 11.6. The molecule has 114 valence electrons. The van der Waals surface area contributed by atoms with Crippen molar-refractivity contribution < 1.29 is 27.9 Å². The second-order valence-electron chi connectivity index (χ2n) is 5.18. The molecule has 1 aliphatic carbocycles. The highest BCUT2D eigenvalue weighted by Gasteiger charge is 2.41. The fourth-order valence-corrected chi connectivity index (χ4v) is 1.96. The summed E-state index contributed by atoms with van der Waals surface area (Å²) >= 11 is 0. The average Bonchev–Trinajstić information content (AvgIpc) is 3.15. The van der Waals surface area contributed by atoms with E-state index in [4.69, 9.17) is 5.11 Å². The SMILES string of the molecule is CC(C(=O)O)=C(C)C(=O)N(CC(F)(F)F)C(C)C1CC1. The molecule has 1 atom stereocenters. The first-order chi connectivity index (χ1) is 9.04. The highest BCUT2D eigenvalue weighted by atomic mass is 19.4. The van der Waals surface area contributed by atoms with Gasteiger partial charge in [-0.15, -0.1) is 0 Å². The number of alkyl halides is 3. The third-order valence-corrected chi connectivity index (χ3v) is 3.61. The zero-order chi connectivity index (χ0) is 15.7. The van der Waals surface area contributed by atoms with Crippen molar-refractivity contribution in [1.29, 1.82) is 0 Å². The van der Waals surface area contributed by atoms with Gasteiger partial charge in [-0.1, -0.05) is 0 Å². The fraction of sp³-hybridized carbons (Fsp3) is 0.692. The molecule has 0 saturated heterocycles. The summed E-state index contributed by atoms with van der Waals surface area (Å²) in [6.07, 6.45) is -2.91. The topological polar surface area (TPSA) is 57.6 Å². The number of carboxylic acid groups (broad SMARTS) is 1. The molecule has 0 bridgehead atoms. The molecule has 1 aliphatic rings. The summed E-state index contributed by atoms with van der Waals surface area (Å²) in [5, 5.41) is 8.82. The summed E-state index contributed by atoms with van der Waals surface area (Å²) < 4.78 is 37.8. The third-order valence-electron chi connectivity index (χ3n) is 3.61. The Labute approximate surface area is 115 Å². The molecule has 0 aromatic heterocycles. The molecule has 0 aromatic rings. The predicted octanol–water partition coefficient (Wildman–Crippen LogP) is 2.60. The minimum atomic E-state index is -4.50. The van der Waals surface area contributed by atoms with E-state index >= 15 is 0 Å². The first-order valence-corrected chi connectivity index (χ1v) is 6.33. The Hall–Kier alpha value is -1.53. The Morgan fingerprint density at radius 1 is 1.25 bits per heavy atom. The lowest BCUT2D eigenvalue weighted by Gasteiger charge is -2.30. The fourth-order valence-electron chi connectivity index (χ4n) is 1.96. The van der Waals surface area contributed by atoms with Crippen molar-refractivity contribution >= 4 is 11.9 Å². The largest absolute Gasteiger partial charge is 0.478 e. The van der Waals surface area contributed by atoms with Crippen LogP contribution in [0.15, 0.2) is 11.1 Å². The molecule has 0 radical (unpaired) electrons. The van der Waals surface area contributed by atoms with Gasteiger partial charge in [0.2, 0.25) is 0 Å². The van der Waals surface area contributed by atoms with E-state index in [1.807, 2.05) is 0 Å². The lowest BCUT2D eigenvalue weighted by Crippen LogP contribution is -2.46. The van der Waals surface area contributed by atoms with Crippen LogP contribution in [-0.4, -0.2) is 40.6 Å². The molecule has 0 heterocycles. The molecule has 0 aliphatic heterocycles. The quantitative estimate of drug-likeness (QED) is 0.793. The number of hydrogen-bond donors (Lipinski definition) is 1. The maximum atomic E-state index is 12.6. The van der Waals surface area contributed by atoms with Gasteiger partial charge in [0.1, 0.15) is 6.54 Å². The van der Waals surface area contributed by atoms with Gasteiger partial charge in [-0.3, -0.25) is 4.79 Å². The number of halogens is 3. The number of carbonyl (C=O) groups excluding carboxylic acids is 1. The number of rotatable bonds is 5. The second-order valence-corrected chi connectivity index (χ2v) is 5.18. The van der Waals surface area contributed by atoms with Crippen molar-refractivity contribution in [2.45, 2.75) is 45.8 Å². The summed E-state index contributed by atoms with van der Waals surface area (Å²) in [5.74, 6) is -2.09. The Morgan fingerprint density at radius 2 is 1.75 bits per heavy atom. The van der Waals surface area contributed by atoms with Gasteiger partial charge in [-0.25, -0.2) is 4.79 Å². The highest BCUT2D eigenvalue weighted by Crippen LogP contribution is 2.36. The molecule has 0 spiro atoms. The molecule has 1 amide bonds. The van der Waals surface area contributed by atoms with Crippen LogP contribution in [0.25, 0.3) is 0 Å². The molecule has 7 heteroatoms. The molecule has 1 unspecified atom stereocenters. The van der Waals surface area contributed by atoms with Crippen molar-refractivity contribution in [1.82, 2.24) is 4.90 Å². The van der Waals surface area contributed by atoms with Crippen LogP contribution in [-0.2, 0) is 9.59 Å². The highest BCUT2D eigenvalue weighted by molar-refractivity contribution is 6.01. The number of amides is 1. The summed E-state index contributed by atoms with van der Waals surface area (Å²) in [7, 11) is 0. The lowest BCUT2D eigenvalue weighted by molar-refractivity contribution is -0.163. The maximum Gasteiger partial charge on any atom is 0.406 e. The van der Waals surface area contributed by atoms with Crippen molar-refractivity contribution in [3.05, 3.63) is 11.1 Å². The second kappa shape index (κ2) is 5.85.